The van der Waals surface area contributed by atoms with Gasteiger partial charge in [-0.2, -0.15) is 0 Å². The molecule has 106 valence electrons. The summed E-state index contributed by atoms with van der Waals surface area (Å²) in [7, 11) is 0. The highest BCUT2D eigenvalue weighted by Crippen LogP contribution is 2.16. The largest absolute Gasteiger partial charge is 0.479 e. The Labute approximate surface area is 118 Å². The Hall–Kier alpha value is -1.59. The minimum absolute atomic E-state index is 0. The van der Waals surface area contributed by atoms with Crippen LogP contribution >= 0.6 is 12.4 Å². The van der Waals surface area contributed by atoms with Crippen LogP contribution in [0.1, 0.15) is 30.6 Å². The molecular weight excluding hydrogens is 270 g/mol. The number of benzene rings is 1. The smallest absolute Gasteiger partial charge is 0.344 e. The number of halogens is 1. The first-order chi connectivity index (χ1) is 8.45. The Kier molecular flexibility index (Phi) is 7.11. The molecule has 0 saturated carbocycles. The molecule has 0 amide bonds. The molecule has 1 unspecified atom stereocenters. The van der Waals surface area contributed by atoms with E-state index in [1.54, 1.807) is 38.1 Å². The molecule has 2 atom stereocenters. The lowest BCUT2D eigenvalue weighted by Crippen LogP contribution is -2.27. The van der Waals surface area contributed by atoms with Crippen LogP contribution in [0.5, 0.6) is 5.75 Å². The first-order valence-corrected chi connectivity index (χ1v) is 5.75. The highest BCUT2D eigenvalue weighted by molar-refractivity contribution is 5.99. The molecule has 1 aromatic carbocycles. The summed E-state index contributed by atoms with van der Waals surface area (Å²) >= 11 is 0. The number of hydrogen-bond donors (Lipinski definition) is 2. The normalized spacial score (nSPS) is 13.0. The molecule has 6 heteroatoms. The molecule has 1 rings (SSSR count). The van der Waals surface area contributed by atoms with Crippen molar-refractivity contribution in [2.24, 2.45) is 5.73 Å². The highest BCUT2D eigenvalue weighted by Gasteiger charge is 2.17. The Bertz CT molecular complexity index is 431. The van der Waals surface area contributed by atoms with Gasteiger partial charge in [0.05, 0.1) is 6.04 Å². The van der Waals surface area contributed by atoms with Gasteiger partial charge in [-0.1, -0.05) is 6.92 Å². The van der Waals surface area contributed by atoms with Crippen molar-refractivity contribution < 1.29 is 19.4 Å². The molecule has 0 heterocycles. The molecule has 0 radical (unpaired) electrons. The van der Waals surface area contributed by atoms with E-state index in [4.69, 9.17) is 15.6 Å². The predicted molar refractivity (Wildman–Crippen MR) is 74.0 cm³/mol. The van der Waals surface area contributed by atoms with Crippen LogP contribution in [0.25, 0.3) is 0 Å². The van der Waals surface area contributed by atoms with Gasteiger partial charge in [-0.3, -0.25) is 4.79 Å². The molecule has 0 spiro atoms. The van der Waals surface area contributed by atoms with Crippen LogP contribution in [-0.2, 0) is 4.79 Å². The van der Waals surface area contributed by atoms with Gasteiger partial charge in [0.15, 0.2) is 11.9 Å². The van der Waals surface area contributed by atoms with E-state index in [2.05, 4.69) is 0 Å². The summed E-state index contributed by atoms with van der Waals surface area (Å²) in [5.41, 5.74) is 5.98. The lowest BCUT2D eigenvalue weighted by atomic mass is 10.1. The van der Waals surface area contributed by atoms with Crippen LogP contribution in [0.4, 0.5) is 0 Å². The van der Waals surface area contributed by atoms with Crippen molar-refractivity contribution in [2.45, 2.75) is 32.4 Å². The van der Waals surface area contributed by atoms with Crippen molar-refractivity contribution >= 4 is 24.2 Å². The molecule has 1 aromatic rings. The third-order valence-corrected chi connectivity index (χ3v) is 2.48. The maximum absolute atomic E-state index is 11.6. The zero-order valence-electron chi connectivity index (χ0n) is 10.8. The summed E-state index contributed by atoms with van der Waals surface area (Å²) in [5, 5.41) is 8.85. The summed E-state index contributed by atoms with van der Waals surface area (Å²) in [6, 6.07) is 5.74. The number of carbonyl (C=O) groups is 2. The van der Waals surface area contributed by atoms with Gasteiger partial charge >= 0.3 is 5.97 Å². The molecule has 0 bridgehead atoms. The van der Waals surface area contributed by atoms with Crippen molar-refractivity contribution in [3.8, 4) is 5.75 Å². The lowest BCUT2D eigenvalue weighted by molar-refractivity contribution is -0.145. The minimum Gasteiger partial charge on any atom is -0.479 e. The molecule has 3 N–H and O–H groups in total. The van der Waals surface area contributed by atoms with Crippen LogP contribution in [0.2, 0.25) is 0 Å². The first-order valence-electron chi connectivity index (χ1n) is 5.75. The number of rotatable bonds is 6. The molecular formula is C13H18ClNO4. The summed E-state index contributed by atoms with van der Waals surface area (Å²) in [4.78, 5) is 22.4. The monoisotopic (exact) mass is 287 g/mol. The van der Waals surface area contributed by atoms with Crippen molar-refractivity contribution in [3.05, 3.63) is 29.8 Å². The Balaban J connectivity index is 0.00000324. The van der Waals surface area contributed by atoms with E-state index in [9.17, 15) is 9.59 Å². The van der Waals surface area contributed by atoms with Gasteiger partial charge in [0.1, 0.15) is 5.75 Å². The van der Waals surface area contributed by atoms with Crippen molar-refractivity contribution in [1.29, 1.82) is 0 Å². The topological polar surface area (TPSA) is 89.6 Å². The summed E-state index contributed by atoms with van der Waals surface area (Å²) in [6.45, 7) is 3.34. The second kappa shape index (κ2) is 7.76. The van der Waals surface area contributed by atoms with Crippen LogP contribution < -0.4 is 10.5 Å². The van der Waals surface area contributed by atoms with E-state index in [0.717, 1.165) is 0 Å². The van der Waals surface area contributed by atoms with Crippen molar-refractivity contribution in [3.63, 3.8) is 0 Å². The van der Waals surface area contributed by atoms with Gasteiger partial charge in [-0.05, 0) is 37.6 Å². The van der Waals surface area contributed by atoms with Gasteiger partial charge in [-0.15, -0.1) is 12.4 Å². The number of Topliss-reactive ketones (excluding diaryl/α,β-unsaturated/α-hetero) is 1. The van der Waals surface area contributed by atoms with Crippen LogP contribution in [0.3, 0.4) is 0 Å². The highest BCUT2D eigenvalue weighted by atomic mass is 35.5. The summed E-state index contributed by atoms with van der Waals surface area (Å²) in [6.07, 6.45) is -0.504. The average molecular weight is 288 g/mol. The molecule has 0 aliphatic rings. The third-order valence-electron chi connectivity index (χ3n) is 2.48. The third kappa shape index (κ3) is 4.89. The van der Waals surface area contributed by atoms with Crippen LogP contribution in [0, 0.1) is 0 Å². The van der Waals surface area contributed by atoms with E-state index in [-0.39, 0.29) is 18.2 Å². The second-order valence-electron chi connectivity index (χ2n) is 4.03. The molecule has 0 fully saturated rings. The molecule has 0 aliphatic heterocycles. The predicted octanol–water partition coefficient (Wildman–Crippen LogP) is 1.88. The van der Waals surface area contributed by atoms with Crippen molar-refractivity contribution in [1.82, 2.24) is 0 Å². The zero-order valence-corrected chi connectivity index (χ0v) is 11.6. The molecule has 19 heavy (non-hydrogen) atoms. The van der Waals surface area contributed by atoms with Crippen molar-refractivity contribution in [2.75, 3.05) is 0 Å². The molecule has 5 nitrogen and oxygen atoms in total. The quantitative estimate of drug-likeness (QED) is 0.780. The zero-order chi connectivity index (χ0) is 13.7. The fourth-order valence-corrected chi connectivity index (χ4v) is 1.43. The number of nitrogens with two attached hydrogens (primary N) is 1. The standard InChI is InChI=1S/C13H17NO4.ClH/c1-3-11(13(16)17)18-10-6-4-9(5-7-10)12(15)8(2)14;/h4-8,11H,3,14H2,1-2H3,(H,16,17);1H/t8?,11-;/m0./s1. The number of carboxylic acids is 1. The molecule has 0 saturated heterocycles. The molecule has 0 aliphatic carbocycles. The number of carboxylic acid groups (broad SMARTS) is 1. The van der Waals surface area contributed by atoms with E-state index in [1.165, 1.54) is 0 Å². The Morgan fingerprint density at radius 3 is 2.21 bits per heavy atom. The van der Waals surface area contributed by atoms with Gasteiger partial charge in [-0.25, -0.2) is 4.79 Å². The summed E-state index contributed by atoms with van der Waals surface area (Å²) < 4.78 is 5.28. The maximum Gasteiger partial charge on any atom is 0.344 e. The number of ether oxygens (including phenoxy) is 1. The van der Waals surface area contributed by atoms with E-state index < -0.39 is 18.1 Å². The van der Waals surface area contributed by atoms with E-state index in [1.807, 2.05) is 0 Å². The summed E-state index contributed by atoms with van der Waals surface area (Å²) in [5.74, 6) is -0.745. The minimum atomic E-state index is -1.01. The van der Waals surface area contributed by atoms with Crippen LogP contribution in [0.15, 0.2) is 24.3 Å². The van der Waals surface area contributed by atoms with Gasteiger partial charge in [0, 0.05) is 5.56 Å². The van der Waals surface area contributed by atoms with E-state index >= 15 is 0 Å². The fraction of sp³-hybridized carbons (Fsp3) is 0.385. The van der Waals surface area contributed by atoms with Gasteiger partial charge in [0.25, 0.3) is 0 Å². The number of hydrogen-bond acceptors (Lipinski definition) is 4. The Morgan fingerprint density at radius 2 is 1.84 bits per heavy atom. The first kappa shape index (κ1) is 17.4. The maximum atomic E-state index is 11.6. The SMILES string of the molecule is CC[C@H](Oc1ccc(C(=O)C(C)N)cc1)C(=O)O.Cl. The average Bonchev–Trinajstić information content (AvgIpc) is 2.35. The Morgan fingerprint density at radius 1 is 1.32 bits per heavy atom. The lowest BCUT2D eigenvalue weighted by Gasteiger charge is -2.13. The fourth-order valence-electron chi connectivity index (χ4n) is 1.43. The van der Waals surface area contributed by atoms with Gasteiger partial charge < -0.3 is 15.6 Å². The molecule has 0 aromatic heterocycles. The number of ketones is 1. The second-order valence-corrected chi connectivity index (χ2v) is 4.03. The van der Waals surface area contributed by atoms with Crippen LogP contribution in [-0.4, -0.2) is 29.0 Å². The van der Waals surface area contributed by atoms with E-state index in [0.29, 0.717) is 17.7 Å². The van der Waals surface area contributed by atoms with Gasteiger partial charge in [0.2, 0.25) is 0 Å². The number of aliphatic carboxylic acids is 1. The number of carbonyl (C=O) groups excluding carboxylic acids is 1.